The molecule has 20 heavy (non-hydrogen) atoms. The van der Waals surface area contributed by atoms with E-state index in [2.05, 4.69) is 48.5 Å². The van der Waals surface area contributed by atoms with Crippen LogP contribution in [0.3, 0.4) is 0 Å². The summed E-state index contributed by atoms with van der Waals surface area (Å²) in [7, 11) is 0. The van der Waals surface area contributed by atoms with Crippen LogP contribution in [0, 0.1) is 0 Å². The van der Waals surface area contributed by atoms with Gasteiger partial charge in [-0.05, 0) is 32.3 Å². The summed E-state index contributed by atoms with van der Waals surface area (Å²) in [4.78, 5) is 12.2. The summed E-state index contributed by atoms with van der Waals surface area (Å²) in [5, 5.41) is 7.26. The van der Waals surface area contributed by atoms with Crippen LogP contribution in [0.4, 0.5) is 0 Å². The number of ketones is 1. The first-order valence-electron chi connectivity index (χ1n) is 6.99. The number of benzene rings is 4. The highest BCUT2D eigenvalue weighted by Gasteiger charge is 2.13. The Morgan fingerprint density at radius 1 is 0.800 bits per heavy atom. The van der Waals surface area contributed by atoms with Crippen molar-refractivity contribution in [1.29, 1.82) is 0 Å². The third-order valence-corrected chi connectivity index (χ3v) is 4.15. The number of carbonyl (C=O) groups is 1. The Balaban J connectivity index is 2.29. The first-order chi connectivity index (χ1) is 9.79. The lowest BCUT2D eigenvalue weighted by molar-refractivity contribution is 0.0990. The molecule has 4 aromatic rings. The van der Waals surface area contributed by atoms with E-state index in [0.29, 0.717) is 6.42 Å². The molecule has 0 N–H and O–H groups in total. The fourth-order valence-corrected chi connectivity index (χ4v) is 3.17. The first kappa shape index (κ1) is 11.4. The smallest absolute Gasteiger partial charge is 0.163 e. The molecule has 0 radical (unpaired) electrons. The van der Waals surface area contributed by atoms with Crippen LogP contribution >= 0.6 is 0 Å². The Labute approximate surface area is 117 Å². The van der Waals surface area contributed by atoms with E-state index in [4.69, 9.17) is 0 Å². The van der Waals surface area contributed by atoms with Crippen LogP contribution in [0.15, 0.2) is 54.6 Å². The molecule has 0 atom stereocenters. The van der Waals surface area contributed by atoms with Gasteiger partial charge in [0.15, 0.2) is 5.78 Å². The summed E-state index contributed by atoms with van der Waals surface area (Å²) >= 11 is 0. The maximum Gasteiger partial charge on any atom is 0.163 e. The lowest BCUT2D eigenvalue weighted by atomic mass is 9.90. The number of hydrogen-bond acceptors (Lipinski definition) is 1. The number of carbonyl (C=O) groups excluding carboxylic acids is 1. The van der Waals surface area contributed by atoms with E-state index in [1.54, 1.807) is 0 Å². The zero-order valence-electron chi connectivity index (χ0n) is 11.3. The molecule has 0 aliphatic heterocycles. The molecule has 0 aliphatic carbocycles. The van der Waals surface area contributed by atoms with Gasteiger partial charge < -0.3 is 0 Å². The molecule has 1 nitrogen and oxygen atoms in total. The van der Waals surface area contributed by atoms with E-state index in [9.17, 15) is 4.79 Å². The molecule has 1 heteroatoms. The molecule has 0 bridgehead atoms. The normalized spacial score (nSPS) is 11.7. The average molecular weight is 258 g/mol. The van der Waals surface area contributed by atoms with Crippen molar-refractivity contribution < 1.29 is 4.79 Å². The van der Waals surface area contributed by atoms with E-state index >= 15 is 0 Å². The maximum absolute atomic E-state index is 12.2. The van der Waals surface area contributed by atoms with Crippen LogP contribution in [-0.4, -0.2) is 5.78 Å². The molecule has 0 spiro atoms. The van der Waals surface area contributed by atoms with Crippen molar-refractivity contribution in [3.05, 3.63) is 60.2 Å². The molecule has 0 aliphatic rings. The molecule has 0 amide bonds. The van der Waals surface area contributed by atoms with Crippen LogP contribution < -0.4 is 0 Å². The summed E-state index contributed by atoms with van der Waals surface area (Å²) in [5.41, 5.74) is 0.846. The SMILES string of the molecule is CCC(=O)c1ccc2ccc3cccc4ccc1c2c34. The Bertz CT molecular complexity index is 934. The quantitative estimate of drug-likeness (QED) is 0.358. The average Bonchev–Trinajstić information content (AvgIpc) is 2.51. The first-order valence-corrected chi connectivity index (χ1v) is 6.99. The van der Waals surface area contributed by atoms with Gasteiger partial charge in [0.1, 0.15) is 0 Å². The van der Waals surface area contributed by atoms with Crippen LogP contribution in [0.2, 0.25) is 0 Å². The molecule has 0 saturated heterocycles. The molecular weight excluding hydrogens is 244 g/mol. The van der Waals surface area contributed by atoms with Gasteiger partial charge in [-0.2, -0.15) is 0 Å². The fourth-order valence-electron chi connectivity index (χ4n) is 3.17. The minimum absolute atomic E-state index is 0.211. The predicted octanol–water partition coefficient (Wildman–Crippen LogP) is 5.18. The molecule has 0 saturated carbocycles. The van der Waals surface area contributed by atoms with Gasteiger partial charge in [0, 0.05) is 12.0 Å². The molecule has 4 rings (SSSR count). The van der Waals surface area contributed by atoms with Crippen molar-refractivity contribution in [2.75, 3.05) is 0 Å². The van der Waals surface area contributed by atoms with Crippen molar-refractivity contribution in [3.63, 3.8) is 0 Å². The van der Waals surface area contributed by atoms with Crippen molar-refractivity contribution in [2.24, 2.45) is 0 Å². The zero-order valence-corrected chi connectivity index (χ0v) is 11.3. The standard InChI is InChI=1S/C19H14O/c1-2-17(20)15-10-8-14-7-6-12-4-3-5-13-9-11-16(15)19(14)18(12)13/h3-11H,2H2,1H3. The Morgan fingerprint density at radius 3 is 2.10 bits per heavy atom. The van der Waals surface area contributed by atoms with Gasteiger partial charge in [-0.3, -0.25) is 4.79 Å². The second-order valence-electron chi connectivity index (χ2n) is 5.25. The largest absolute Gasteiger partial charge is 0.294 e. The van der Waals surface area contributed by atoms with Crippen LogP contribution in [0.1, 0.15) is 23.7 Å². The van der Waals surface area contributed by atoms with E-state index in [0.717, 1.165) is 10.9 Å². The van der Waals surface area contributed by atoms with Crippen molar-refractivity contribution in [3.8, 4) is 0 Å². The highest BCUT2D eigenvalue weighted by Crippen LogP contribution is 2.36. The summed E-state index contributed by atoms with van der Waals surface area (Å²) in [6.07, 6.45) is 0.546. The molecule has 0 aromatic heterocycles. The fraction of sp³-hybridized carbons (Fsp3) is 0.105. The van der Waals surface area contributed by atoms with E-state index in [1.807, 2.05) is 13.0 Å². The second kappa shape index (κ2) is 4.04. The van der Waals surface area contributed by atoms with E-state index in [-0.39, 0.29) is 5.78 Å². The molecular formula is C19H14O. The minimum atomic E-state index is 0.211. The number of rotatable bonds is 2. The highest BCUT2D eigenvalue weighted by atomic mass is 16.1. The van der Waals surface area contributed by atoms with Gasteiger partial charge in [-0.25, -0.2) is 0 Å². The van der Waals surface area contributed by atoms with Crippen LogP contribution in [0.25, 0.3) is 32.3 Å². The van der Waals surface area contributed by atoms with Gasteiger partial charge >= 0.3 is 0 Å². The summed E-state index contributed by atoms with van der Waals surface area (Å²) < 4.78 is 0. The minimum Gasteiger partial charge on any atom is -0.294 e. The Hall–Kier alpha value is -2.41. The molecule has 96 valence electrons. The lowest BCUT2D eigenvalue weighted by Gasteiger charge is -2.12. The van der Waals surface area contributed by atoms with E-state index in [1.165, 1.54) is 26.9 Å². The highest BCUT2D eigenvalue weighted by molar-refractivity contribution is 6.26. The van der Waals surface area contributed by atoms with Crippen molar-refractivity contribution in [1.82, 2.24) is 0 Å². The molecule has 0 fully saturated rings. The second-order valence-corrected chi connectivity index (χ2v) is 5.25. The topological polar surface area (TPSA) is 17.1 Å². The monoisotopic (exact) mass is 258 g/mol. The van der Waals surface area contributed by atoms with Gasteiger partial charge in [0.2, 0.25) is 0 Å². The maximum atomic E-state index is 12.2. The van der Waals surface area contributed by atoms with Gasteiger partial charge in [0.25, 0.3) is 0 Å². The van der Waals surface area contributed by atoms with Crippen LogP contribution in [-0.2, 0) is 0 Å². The predicted molar refractivity (Wildman–Crippen MR) is 84.8 cm³/mol. The molecule has 4 aromatic carbocycles. The summed E-state index contributed by atoms with van der Waals surface area (Å²) in [6, 6.07) is 18.9. The third-order valence-electron chi connectivity index (χ3n) is 4.15. The number of hydrogen-bond donors (Lipinski definition) is 0. The Kier molecular flexibility index (Phi) is 2.31. The van der Waals surface area contributed by atoms with Gasteiger partial charge in [0.05, 0.1) is 0 Å². The van der Waals surface area contributed by atoms with Crippen LogP contribution in [0.5, 0.6) is 0 Å². The third kappa shape index (κ3) is 1.41. The van der Waals surface area contributed by atoms with Gasteiger partial charge in [-0.1, -0.05) is 61.5 Å². The molecule has 0 heterocycles. The van der Waals surface area contributed by atoms with Crippen molar-refractivity contribution >= 4 is 38.1 Å². The summed E-state index contributed by atoms with van der Waals surface area (Å²) in [5.74, 6) is 0.211. The zero-order chi connectivity index (χ0) is 13.7. The molecule has 0 unspecified atom stereocenters. The van der Waals surface area contributed by atoms with Crippen molar-refractivity contribution in [2.45, 2.75) is 13.3 Å². The van der Waals surface area contributed by atoms with Gasteiger partial charge in [-0.15, -0.1) is 0 Å². The lowest BCUT2D eigenvalue weighted by Crippen LogP contribution is -1.98. The van der Waals surface area contributed by atoms with E-state index < -0.39 is 0 Å². The Morgan fingerprint density at radius 2 is 1.40 bits per heavy atom. The summed E-state index contributed by atoms with van der Waals surface area (Å²) in [6.45, 7) is 1.92. The number of Topliss-reactive ketones (excluding diaryl/α,β-unsaturated/α-hetero) is 1.